The molecule has 0 radical (unpaired) electrons. The molecule has 1 aliphatic heterocycles. The van der Waals surface area contributed by atoms with Gasteiger partial charge in [0.05, 0.1) is 37.4 Å². The number of ether oxygens (including phenoxy) is 3. The molecule has 1 amide bonds. The number of unbranched alkanes of at least 4 members (excludes halogenated alkanes) is 1. The van der Waals surface area contributed by atoms with Crippen LogP contribution in [0.25, 0.3) is 5.76 Å². The van der Waals surface area contributed by atoms with Crippen molar-refractivity contribution in [1.82, 2.24) is 9.47 Å². The van der Waals surface area contributed by atoms with E-state index in [1.54, 1.807) is 14.2 Å². The number of morpholine rings is 1. The molecule has 0 unspecified atom stereocenters. The van der Waals surface area contributed by atoms with Crippen molar-refractivity contribution in [3.05, 3.63) is 84.1 Å². The van der Waals surface area contributed by atoms with E-state index in [1.807, 2.05) is 61.9 Å². The van der Waals surface area contributed by atoms with Crippen LogP contribution >= 0.6 is 0 Å². The number of hydrazine groups is 1. The number of rotatable bonds is 15. The Morgan fingerprint density at radius 2 is 1.86 bits per heavy atom. The minimum Gasteiger partial charge on any atom is -0.492 e. The lowest BCUT2D eigenvalue weighted by Gasteiger charge is -2.26. The third kappa shape index (κ3) is 11.7. The summed E-state index contributed by atoms with van der Waals surface area (Å²) in [6.45, 7) is 24.9. The predicted octanol–water partition coefficient (Wildman–Crippen LogP) is 8.02. The first kappa shape index (κ1) is 42.0. The summed E-state index contributed by atoms with van der Waals surface area (Å²) >= 11 is 0. The van der Waals surface area contributed by atoms with Crippen molar-refractivity contribution in [1.29, 1.82) is 0 Å². The maximum atomic E-state index is 14.0. The van der Waals surface area contributed by atoms with Gasteiger partial charge < -0.3 is 29.1 Å². The number of aliphatic imine (C=N–C) groups is 1. The van der Waals surface area contributed by atoms with Crippen molar-refractivity contribution in [2.45, 2.75) is 79.6 Å². The van der Waals surface area contributed by atoms with Gasteiger partial charge in [-0.2, -0.15) is 0 Å². The van der Waals surface area contributed by atoms with Crippen LogP contribution in [0.4, 0.5) is 11.4 Å². The first-order chi connectivity index (χ1) is 23.8. The van der Waals surface area contributed by atoms with Gasteiger partial charge in [0.25, 0.3) is 5.91 Å². The maximum Gasteiger partial charge on any atom is 0.272 e. The van der Waals surface area contributed by atoms with E-state index in [2.05, 4.69) is 64.1 Å². The molecule has 1 aromatic carbocycles. The second-order valence-electron chi connectivity index (χ2n) is 13.2. The van der Waals surface area contributed by atoms with Crippen LogP contribution < -0.4 is 20.9 Å². The first-order valence-corrected chi connectivity index (χ1v) is 17.6. The molecule has 2 aromatic rings. The normalized spacial score (nSPS) is 14.7. The summed E-state index contributed by atoms with van der Waals surface area (Å²) < 4.78 is 19.7. The molecule has 1 aromatic heterocycles. The van der Waals surface area contributed by atoms with Gasteiger partial charge in [-0.3, -0.25) is 9.69 Å². The number of aryl methyl sites for hydroxylation is 1. The summed E-state index contributed by atoms with van der Waals surface area (Å²) in [7, 11) is 5.22. The van der Waals surface area contributed by atoms with Crippen LogP contribution in [-0.2, 0) is 28.4 Å². The highest BCUT2D eigenvalue weighted by Crippen LogP contribution is 2.40. The SMILES string of the molecule is C/C=C(/OC(=C/C=C\CCC)/N=C(\C)CCN1CCOCC1)c1c(CC)cc(C(=O)Nc2cc(C(C)(C)C)cc(N(C)N)c2OC)n1C.C=C. The number of hydrogen-bond donors (Lipinski definition) is 2. The fraction of sp³-hybridized carbons (Fsp3) is 0.500. The van der Waals surface area contributed by atoms with Gasteiger partial charge in [-0.15, -0.1) is 13.2 Å². The Bertz CT molecular complexity index is 1520. The summed E-state index contributed by atoms with van der Waals surface area (Å²) in [5, 5.41) is 4.62. The number of methoxy groups -OCH3 is 1. The Balaban J connectivity index is 0.00000425. The van der Waals surface area contributed by atoms with Crippen LogP contribution in [0.15, 0.2) is 66.5 Å². The number of nitrogens with one attached hydrogen (secondary N) is 1. The van der Waals surface area contributed by atoms with E-state index in [0.717, 1.165) is 74.6 Å². The molecule has 3 N–H and O–H groups in total. The van der Waals surface area contributed by atoms with Gasteiger partial charge in [0.15, 0.2) is 5.75 Å². The van der Waals surface area contributed by atoms with Crippen molar-refractivity contribution < 1.29 is 19.0 Å². The lowest BCUT2D eigenvalue weighted by Crippen LogP contribution is -2.37. The Hall–Kier alpha value is -4.12. The molecule has 0 aliphatic carbocycles. The molecule has 0 saturated carbocycles. The minimum atomic E-state index is -0.265. The zero-order valence-electron chi connectivity index (χ0n) is 32.3. The topological polar surface area (TPSA) is 107 Å². The van der Waals surface area contributed by atoms with Gasteiger partial charge in [0.1, 0.15) is 11.5 Å². The second kappa shape index (κ2) is 20.5. The Morgan fingerprint density at radius 1 is 1.18 bits per heavy atom. The smallest absolute Gasteiger partial charge is 0.272 e. The Kier molecular flexibility index (Phi) is 17.3. The number of anilines is 2. The van der Waals surface area contributed by atoms with Crippen LogP contribution in [0.5, 0.6) is 5.75 Å². The van der Waals surface area contributed by atoms with Gasteiger partial charge in [0.2, 0.25) is 5.88 Å². The molecule has 0 spiro atoms. The third-order valence-electron chi connectivity index (χ3n) is 8.43. The van der Waals surface area contributed by atoms with Crippen molar-refractivity contribution >= 4 is 28.8 Å². The summed E-state index contributed by atoms with van der Waals surface area (Å²) in [6.07, 6.45) is 11.5. The van der Waals surface area contributed by atoms with Crippen molar-refractivity contribution in [2.24, 2.45) is 17.9 Å². The van der Waals surface area contributed by atoms with E-state index in [9.17, 15) is 4.79 Å². The highest BCUT2D eigenvalue weighted by molar-refractivity contribution is 6.05. The predicted molar refractivity (Wildman–Crippen MR) is 210 cm³/mol. The molecule has 3 rings (SSSR count). The van der Waals surface area contributed by atoms with Gasteiger partial charge >= 0.3 is 0 Å². The molecule has 10 nitrogen and oxygen atoms in total. The van der Waals surface area contributed by atoms with E-state index < -0.39 is 0 Å². The molecule has 1 saturated heterocycles. The number of carbonyl (C=O) groups is 1. The standard InChI is InChI=1S/C38H58N6O4.C2H4/c1-11-14-15-16-17-34(40-27(4)18-19-44-20-22-47-23-21-44)48-33(13-3)35-28(12-2)24-32(42(35)8)37(45)41-30-25-29(38(5,6)7)26-31(43(9)39)36(30)46-10;1-2/h13,15-17,24-26H,11-12,14,18-23,39H2,1-10H3,(H,41,45);1-2H2/b16-15-,33-13+,34-17+,40-27+;. The van der Waals surface area contributed by atoms with Gasteiger partial charge in [0, 0.05) is 45.5 Å². The quantitative estimate of drug-likeness (QED) is 0.0487. The lowest BCUT2D eigenvalue weighted by molar-refractivity contribution is 0.0392. The van der Waals surface area contributed by atoms with Crippen LogP contribution in [0, 0.1) is 0 Å². The maximum absolute atomic E-state index is 14.0. The molecule has 0 atom stereocenters. The van der Waals surface area contributed by atoms with E-state index in [4.69, 9.17) is 25.0 Å². The average molecular weight is 691 g/mol. The lowest BCUT2D eigenvalue weighted by atomic mass is 9.86. The van der Waals surface area contributed by atoms with Crippen LogP contribution in [0.2, 0.25) is 0 Å². The van der Waals surface area contributed by atoms with Gasteiger partial charge in [-0.1, -0.05) is 53.2 Å². The molecule has 10 heteroatoms. The van der Waals surface area contributed by atoms with Crippen molar-refractivity contribution in [3.8, 4) is 5.75 Å². The summed E-state index contributed by atoms with van der Waals surface area (Å²) in [4.78, 5) is 21.3. The van der Waals surface area contributed by atoms with Crippen LogP contribution in [0.3, 0.4) is 0 Å². The van der Waals surface area contributed by atoms with Gasteiger partial charge in [-0.25, -0.2) is 10.8 Å². The summed E-state index contributed by atoms with van der Waals surface area (Å²) in [6, 6.07) is 5.88. The fourth-order valence-corrected chi connectivity index (χ4v) is 5.53. The molecular weight excluding hydrogens is 628 g/mol. The van der Waals surface area contributed by atoms with Gasteiger partial charge in [-0.05, 0) is 73.9 Å². The number of benzene rings is 1. The number of nitrogens with zero attached hydrogens (tertiary/aromatic N) is 4. The zero-order valence-corrected chi connectivity index (χ0v) is 32.3. The monoisotopic (exact) mass is 690 g/mol. The molecule has 276 valence electrons. The number of amides is 1. The van der Waals surface area contributed by atoms with E-state index in [-0.39, 0.29) is 11.3 Å². The number of aromatic nitrogens is 1. The van der Waals surface area contributed by atoms with E-state index in [1.165, 1.54) is 5.01 Å². The highest BCUT2D eigenvalue weighted by Gasteiger charge is 2.25. The number of carbonyl (C=O) groups excluding carboxylic acids is 1. The third-order valence-corrected chi connectivity index (χ3v) is 8.43. The first-order valence-electron chi connectivity index (χ1n) is 17.6. The van der Waals surface area contributed by atoms with E-state index >= 15 is 0 Å². The van der Waals surface area contributed by atoms with E-state index in [0.29, 0.717) is 40.9 Å². The van der Waals surface area contributed by atoms with Crippen molar-refractivity contribution in [3.63, 3.8) is 0 Å². The second-order valence-corrected chi connectivity index (χ2v) is 13.2. The summed E-state index contributed by atoms with van der Waals surface area (Å²) in [5.41, 5.74) is 5.37. The molecule has 50 heavy (non-hydrogen) atoms. The molecule has 2 heterocycles. The Morgan fingerprint density at radius 3 is 2.42 bits per heavy atom. The number of allylic oxidation sites excluding steroid dienone is 4. The molecule has 1 aliphatic rings. The minimum absolute atomic E-state index is 0.178. The summed E-state index contributed by atoms with van der Waals surface area (Å²) in [5.74, 6) is 7.56. The molecular formula is C40H62N6O4. The van der Waals surface area contributed by atoms with Crippen molar-refractivity contribution in [2.75, 3.05) is 57.3 Å². The van der Waals surface area contributed by atoms with Crippen LogP contribution in [0.1, 0.15) is 95.0 Å². The zero-order chi connectivity index (χ0) is 37.4. The van der Waals surface area contributed by atoms with Crippen LogP contribution in [-0.4, -0.2) is 68.1 Å². The molecule has 0 bridgehead atoms. The number of hydrogen-bond acceptors (Lipinski definition) is 8. The average Bonchev–Trinajstić information content (AvgIpc) is 3.44. The fourth-order valence-electron chi connectivity index (χ4n) is 5.53. The molecule has 1 fully saturated rings. The largest absolute Gasteiger partial charge is 0.492 e. The highest BCUT2D eigenvalue weighted by atomic mass is 16.5. The number of nitrogens with two attached hydrogens (primary N) is 1. The Labute approximate surface area is 301 Å².